The Morgan fingerprint density at radius 2 is 0.913 bits per heavy atom. The van der Waals surface area contributed by atoms with Crippen LogP contribution in [0.15, 0.2) is 9.98 Å². The number of amides is 1. The van der Waals surface area contributed by atoms with Crippen LogP contribution in [-0.2, 0) is 19.2 Å². The van der Waals surface area contributed by atoms with E-state index in [-0.39, 0.29) is 53.3 Å². The van der Waals surface area contributed by atoms with Crippen LogP contribution in [0.5, 0.6) is 0 Å². The molecule has 0 heterocycles. The fourth-order valence-electron chi connectivity index (χ4n) is 3.69. The predicted molar refractivity (Wildman–Crippen MR) is 172 cm³/mol. The molecule has 3 atom stereocenters. The van der Waals surface area contributed by atoms with Crippen LogP contribution in [0.4, 0.5) is 0 Å². The molecule has 0 aliphatic heterocycles. The fourth-order valence-corrected chi connectivity index (χ4v) is 3.69. The first kappa shape index (κ1) is 50.9. The minimum atomic E-state index is -1.30. The summed E-state index contributed by atoms with van der Waals surface area (Å²) in [6.45, 7) is 10.6. The van der Waals surface area contributed by atoms with Gasteiger partial charge in [-0.05, 0) is 64.7 Å². The van der Waals surface area contributed by atoms with Crippen molar-refractivity contribution in [3.05, 3.63) is 0 Å². The maximum atomic E-state index is 11.2. The minimum absolute atomic E-state index is 0. The van der Waals surface area contributed by atoms with Crippen molar-refractivity contribution in [2.24, 2.45) is 9.98 Å². The van der Waals surface area contributed by atoms with Crippen molar-refractivity contribution in [1.29, 1.82) is 0 Å². The van der Waals surface area contributed by atoms with Crippen molar-refractivity contribution in [2.45, 2.75) is 175 Å². The number of hydrogen-bond acceptors (Lipinski definition) is 9. The Morgan fingerprint density at radius 3 is 1.24 bits per heavy atom. The van der Waals surface area contributed by atoms with Crippen LogP contribution < -0.4 is 20.6 Å². The molecule has 12 nitrogen and oxygen atoms in total. The number of unbranched alkanes of at least 4 members (excludes halogenated alkanes) is 12. The zero-order valence-electron chi connectivity index (χ0n) is 29.2. The Morgan fingerprint density at radius 1 is 0.565 bits per heavy atom. The van der Waals surface area contributed by atoms with Crippen LogP contribution in [0.1, 0.15) is 157 Å². The molecule has 0 bridgehead atoms. The van der Waals surface area contributed by atoms with E-state index >= 15 is 0 Å². The molecule has 0 aliphatic rings. The number of hydrogen-bond donors (Lipinski definition) is 3. The zero-order chi connectivity index (χ0) is 35.0. The van der Waals surface area contributed by atoms with Gasteiger partial charge in [0, 0.05) is 6.42 Å². The summed E-state index contributed by atoms with van der Waals surface area (Å²) in [5, 5.41) is 52.1. The van der Waals surface area contributed by atoms with Gasteiger partial charge in [0.2, 0.25) is 5.91 Å². The van der Waals surface area contributed by atoms with Crippen molar-refractivity contribution in [3.63, 3.8) is 0 Å². The number of carbonyl (C=O) groups is 4. The van der Waals surface area contributed by atoms with Crippen molar-refractivity contribution in [3.8, 4) is 0 Å². The molecule has 264 valence electrons. The largest absolute Gasteiger partial charge is 3.00 e. The van der Waals surface area contributed by atoms with E-state index in [0.29, 0.717) is 19.3 Å². The van der Waals surface area contributed by atoms with Crippen LogP contribution >= 0.6 is 0 Å². The monoisotopic (exact) mass is 781 g/mol. The van der Waals surface area contributed by atoms with Crippen molar-refractivity contribution >= 4 is 35.6 Å². The molecule has 0 aromatic heterocycles. The fraction of sp³-hybridized carbons (Fsp3) is 0.818. The van der Waals surface area contributed by atoms with Crippen molar-refractivity contribution < 1.29 is 80.3 Å². The molecule has 0 saturated carbocycles. The van der Waals surface area contributed by atoms with Crippen LogP contribution in [0.3, 0.4) is 0 Å². The van der Waals surface area contributed by atoms with E-state index in [2.05, 4.69) is 36.1 Å². The molecular weight excluding hydrogens is 721 g/mol. The smallest absolute Gasteiger partial charge is 0.862 e. The maximum absolute atomic E-state index is 11.2. The molecule has 3 N–H and O–H groups in total. The number of nitrogens with zero attached hydrogens (tertiary/aromatic N) is 2. The molecule has 0 spiro atoms. The number of carboxylic acid groups (broad SMARTS) is 3. The van der Waals surface area contributed by atoms with Gasteiger partial charge in [-0.1, -0.05) is 97.8 Å². The van der Waals surface area contributed by atoms with Crippen LogP contribution in [-0.4, -0.2) is 63.9 Å². The van der Waals surface area contributed by atoms with E-state index in [0.717, 1.165) is 57.8 Å². The Hall–Kier alpha value is -1.99. The summed E-state index contributed by atoms with van der Waals surface area (Å²) in [5.41, 5.74) is 0. The van der Waals surface area contributed by atoms with E-state index in [1.807, 2.05) is 0 Å². The number of aliphatic carboxylic acids is 3. The summed E-state index contributed by atoms with van der Waals surface area (Å²) in [6.07, 6.45) is 17.2. The van der Waals surface area contributed by atoms with E-state index in [1.54, 1.807) is 0 Å². The number of aliphatic imine (C=N–C) groups is 2. The third-order valence-electron chi connectivity index (χ3n) is 6.62. The summed E-state index contributed by atoms with van der Waals surface area (Å²) in [7, 11) is 0. The molecule has 0 saturated heterocycles. The van der Waals surface area contributed by atoms with Crippen LogP contribution in [0.25, 0.3) is 0 Å². The number of carbonyl (C=O) groups excluding carboxylic acids is 2. The molecule has 1 amide bonds. The van der Waals surface area contributed by atoms with Crippen LogP contribution in [0, 0.1) is 35.6 Å². The average Bonchev–Trinajstić information content (AvgIpc) is 2.97. The second-order valence-electron chi connectivity index (χ2n) is 11.2. The summed E-state index contributed by atoms with van der Waals surface area (Å²) in [6, 6.07) is -2.71. The van der Waals surface area contributed by atoms with Gasteiger partial charge in [-0.3, -0.25) is 19.6 Å². The quantitative estimate of drug-likeness (QED) is 0.0738. The van der Waals surface area contributed by atoms with Gasteiger partial charge in [0.1, 0.15) is 12.1 Å². The normalized spacial score (nSPS) is 13.0. The standard InChI is InChI=1S/3C11H21NO3.La/c3*1-3-4-5-6-7-8-10(13)12-9(2)11(14)15;/h3*9H,3-8H2,1-2H3,(H,12,13)(H,14,15);/q;;;+3/p-3/t3*9-;/m000./s1. The van der Waals surface area contributed by atoms with Gasteiger partial charge in [0.25, 0.3) is 0 Å². The molecule has 46 heavy (non-hydrogen) atoms. The second kappa shape index (κ2) is 35.9. The van der Waals surface area contributed by atoms with Gasteiger partial charge < -0.3 is 35.6 Å². The summed E-state index contributed by atoms with van der Waals surface area (Å²) >= 11 is 0. The van der Waals surface area contributed by atoms with Crippen molar-refractivity contribution in [2.75, 3.05) is 0 Å². The minimum Gasteiger partial charge on any atom is -0.862 e. The van der Waals surface area contributed by atoms with Gasteiger partial charge in [-0.2, -0.15) is 0 Å². The molecule has 0 aromatic rings. The van der Waals surface area contributed by atoms with Gasteiger partial charge in [-0.25, -0.2) is 4.79 Å². The van der Waals surface area contributed by atoms with Gasteiger partial charge >= 0.3 is 47.5 Å². The van der Waals surface area contributed by atoms with E-state index in [9.17, 15) is 34.5 Å². The average molecular weight is 782 g/mol. The predicted octanol–water partition coefficient (Wildman–Crippen LogP) is 3.76. The van der Waals surface area contributed by atoms with E-state index in [4.69, 9.17) is 10.2 Å². The van der Waals surface area contributed by atoms with E-state index < -0.39 is 36.0 Å². The first-order valence-corrected chi connectivity index (χ1v) is 16.7. The van der Waals surface area contributed by atoms with Crippen LogP contribution in [0.2, 0.25) is 0 Å². The zero-order valence-corrected chi connectivity index (χ0v) is 32.8. The molecule has 13 heteroatoms. The number of nitrogens with one attached hydrogen (secondary N) is 1. The van der Waals surface area contributed by atoms with Gasteiger partial charge in [0.05, 0.1) is 12.0 Å². The second-order valence-corrected chi connectivity index (χ2v) is 11.2. The van der Waals surface area contributed by atoms with Gasteiger partial charge in [-0.15, -0.1) is 0 Å². The summed E-state index contributed by atoms with van der Waals surface area (Å²) in [5.74, 6) is -4.12. The molecule has 0 aromatic carbocycles. The third-order valence-corrected chi connectivity index (χ3v) is 6.62. The molecule has 0 fully saturated rings. The molecular formula is C33H60LaN3O9. The topological polar surface area (TPSA) is 215 Å². The number of carboxylic acids is 3. The van der Waals surface area contributed by atoms with E-state index in [1.165, 1.54) is 59.3 Å². The summed E-state index contributed by atoms with van der Waals surface area (Å²) < 4.78 is 0. The Balaban J connectivity index is -0.000000285. The molecule has 0 unspecified atom stereocenters. The van der Waals surface area contributed by atoms with Crippen molar-refractivity contribution in [1.82, 2.24) is 5.32 Å². The maximum Gasteiger partial charge on any atom is 3.00 e. The third kappa shape index (κ3) is 38.2. The Labute approximate surface area is 304 Å². The summed E-state index contributed by atoms with van der Waals surface area (Å²) in [4.78, 5) is 49.4. The van der Waals surface area contributed by atoms with Gasteiger partial charge in [0.15, 0.2) is 0 Å². The SMILES string of the molecule is CCCCCCCC(=O)N[C@@H](C)C(=O)O.CCCCCCCC([O-])=N[C@@H](C)C(=O)O.CCCCCCCC([O-])=N[C@@H](C)C(=O)[O-].[La+3]. The first-order valence-electron chi connectivity index (χ1n) is 16.7. The Bertz CT molecular complexity index is 808. The Kier molecular flexibility index (Phi) is 39.7. The molecule has 0 aliphatic carbocycles. The first-order chi connectivity index (χ1) is 21.2. The number of rotatable bonds is 24. The molecule has 0 radical (unpaired) electrons. The molecule has 0 rings (SSSR count).